The van der Waals surface area contributed by atoms with Crippen LogP contribution in [0.15, 0.2) is 23.8 Å². The highest BCUT2D eigenvalue weighted by atomic mass is 32.2. The third kappa shape index (κ3) is 2.71. The van der Waals surface area contributed by atoms with Crippen molar-refractivity contribution in [1.82, 2.24) is 0 Å². The van der Waals surface area contributed by atoms with Crippen molar-refractivity contribution in [3.8, 4) is 0 Å². The Balaban J connectivity index is 1.71. The predicted octanol–water partition coefficient (Wildman–Crippen LogP) is 4.31. The second-order valence-corrected chi connectivity index (χ2v) is 10.5. The highest BCUT2D eigenvalue weighted by Crippen LogP contribution is 2.67. The zero-order valence-electron chi connectivity index (χ0n) is 16.3. The SMILES string of the molecule is C[C@@H]1CC2C3CCC4=CC(=O)C=CC4(C)C3C(O)CC2(C)C1C(=O)SCF. The van der Waals surface area contributed by atoms with Crippen LogP contribution in [-0.2, 0) is 9.59 Å². The third-order valence-electron chi connectivity index (χ3n) is 8.29. The zero-order valence-corrected chi connectivity index (χ0v) is 17.1. The summed E-state index contributed by atoms with van der Waals surface area (Å²) in [5.41, 5.74) is 0.590. The van der Waals surface area contributed by atoms with Gasteiger partial charge in [-0.15, -0.1) is 0 Å². The number of carbonyl (C=O) groups excluding carboxylic acids is 2. The molecule has 0 radical (unpaired) electrons. The van der Waals surface area contributed by atoms with Gasteiger partial charge in [0.25, 0.3) is 0 Å². The molecule has 0 spiro atoms. The van der Waals surface area contributed by atoms with Crippen LogP contribution in [0.25, 0.3) is 0 Å². The van der Waals surface area contributed by atoms with Gasteiger partial charge in [0.05, 0.1) is 6.10 Å². The lowest BCUT2D eigenvalue weighted by Gasteiger charge is -2.58. The molecule has 0 saturated heterocycles. The van der Waals surface area contributed by atoms with Crippen LogP contribution >= 0.6 is 11.8 Å². The van der Waals surface area contributed by atoms with Crippen molar-refractivity contribution in [3.05, 3.63) is 23.8 Å². The average molecular weight is 393 g/mol. The third-order valence-corrected chi connectivity index (χ3v) is 8.93. The number of carbonyl (C=O) groups is 2. The predicted molar refractivity (Wildman–Crippen MR) is 105 cm³/mol. The molecule has 0 amide bonds. The molecule has 3 fully saturated rings. The minimum absolute atomic E-state index is 0.0412. The van der Waals surface area contributed by atoms with E-state index in [1.807, 2.05) is 6.08 Å². The van der Waals surface area contributed by atoms with Gasteiger partial charge in [-0.3, -0.25) is 9.59 Å². The van der Waals surface area contributed by atoms with Crippen LogP contribution in [0.1, 0.15) is 46.5 Å². The normalized spacial score (nSPS) is 48.5. The lowest BCUT2D eigenvalue weighted by Crippen LogP contribution is -2.56. The molecule has 0 bridgehead atoms. The Morgan fingerprint density at radius 2 is 2.15 bits per heavy atom. The summed E-state index contributed by atoms with van der Waals surface area (Å²) in [7, 11) is 0. The van der Waals surface area contributed by atoms with E-state index in [1.165, 1.54) is 0 Å². The standard InChI is InChI=1S/C22H29FO3S/c1-12-8-16-15-5-4-13-9-14(24)6-7-21(13,2)19(15)17(25)10-22(16,3)18(12)20(26)27-11-23/h6-7,9,12,15-19,25H,4-5,8,10-11H2,1-3H3/t12-,15?,16?,17?,18?,19?,21?,22?/m1/s1. The van der Waals surface area contributed by atoms with Gasteiger partial charge in [-0.1, -0.05) is 44.2 Å². The van der Waals surface area contributed by atoms with Crippen molar-refractivity contribution in [2.45, 2.75) is 52.6 Å². The first kappa shape index (κ1) is 19.4. The number of rotatable bonds is 2. The molecule has 0 heterocycles. The van der Waals surface area contributed by atoms with Gasteiger partial charge in [-0.25, -0.2) is 4.39 Å². The van der Waals surface area contributed by atoms with Gasteiger partial charge in [-0.2, -0.15) is 0 Å². The topological polar surface area (TPSA) is 54.4 Å². The van der Waals surface area contributed by atoms with Crippen LogP contribution in [-0.4, -0.2) is 28.1 Å². The van der Waals surface area contributed by atoms with Crippen LogP contribution in [0.3, 0.4) is 0 Å². The fraction of sp³-hybridized carbons (Fsp3) is 0.727. The Labute approximate surface area is 164 Å². The zero-order chi connectivity index (χ0) is 19.6. The molecule has 0 aromatic rings. The number of fused-ring (bicyclic) bond motifs is 5. The van der Waals surface area contributed by atoms with Crippen molar-refractivity contribution in [2.75, 3.05) is 6.01 Å². The average Bonchev–Trinajstić information content (AvgIpc) is 2.85. The van der Waals surface area contributed by atoms with Crippen LogP contribution in [0.5, 0.6) is 0 Å². The van der Waals surface area contributed by atoms with Gasteiger partial charge < -0.3 is 5.11 Å². The van der Waals surface area contributed by atoms with Crippen LogP contribution in [0.2, 0.25) is 0 Å². The van der Waals surface area contributed by atoms with Gasteiger partial charge in [0, 0.05) is 17.3 Å². The number of aliphatic hydroxyl groups is 1. The van der Waals surface area contributed by atoms with Gasteiger partial charge in [0.1, 0.15) is 6.01 Å². The molecule has 3 saturated carbocycles. The summed E-state index contributed by atoms with van der Waals surface area (Å²) >= 11 is 0.790. The molecule has 7 unspecified atom stereocenters. The van der Waals surface area contributed by atoms with E-state index in [-0.39, 0.29) is 39.5 Å². The van der Waals surface area contributed by atoms with Crippen molar-refractivity contribution < 1.29 is 19.1 Å². The highest BCUT2D eigenvalue weighted by molar-refractivity contribution is 8.13. The molecule has 4 rings (SSSR count). The minimum Gasteiger partial charge on any atom is -0.393 e. The molecule has 1 N–H and O–H groups in total. The maximum Gasteiger partial charge on any atom is 0.195 e. The number of alkyl halides is 1. The van der Waals surface area contributed by atoms with E-state index < -0.39 is 12.1 Å². The molecule has 27 heavy (non-hydrogen) atoms. The van der Waals surface area contributed by atoms with Crippen LogP contribution in [0, 0.1) is 40.4 Å². The molecule has 0 aliphatic heterocycles. The van der Waals surface area contributed by atoms with E-state index in [0.717, 1.165) is 36.6 Å². The number of allylic oxidation sites excluding steroid dienone is 4. The van der Waals surface area contributed by atoms with E-state index in [1.54, 1.807) is 12.2 Å². The Bertz CT molecular complexity index is 731. The van der Waals surface area contributed by atoms with E-state index in [4.69, 9.17) is 0 Å². The van der Waals surface area contributed by atoms with E-state index in [2.05, 4.69) is 20.8 Å². The second kappa shape index (κ2) is 6.55. The lowest BCUT2D eigenvalue weighted by atomic mass is 9.47. The summed E-state index contributed by atoms with van der Waals surface area (Å²) in [5.74, 6) is 0.834. The summed E-state index contributed by atoms with van der Waals surface area (Å²) in [6, 6.07) is -0.678. The maximum atomic E-state index is 12.8. The first-order chi connectivity index (χ1) is 12.7. The molecule has 5 heteroatoms. The number of aliphatic hydroxyl groups excluding tert-OH is 1. The van der Waals surface area contributed by atoms with Crippen molar-refractivity contribution in [2.24, 2.45) is 40.4 Å². The van der Waals surface area contributed by atoms with Crippen molar-refractivity contribution in [1.29, 1.82) is 0 Å². The largest absolute Gasteiger partial charge is 0.393 e. The Morgan fingerprint density at radius 3 is 2.85 bits per heavy atom. The molecule has 0 aromatic heterocycles. The molecule has 3 nitrogen and oxygen atoms in total. The minimum atomic E-state index is -0.678. The van der Waals surface area contributed by atoms with Gasteiger partial charge in [0.2, 0.25) is 0 Å². The fourth-order valence-electron chi connectivity index (χ4n) is 7.34. The van der Waals surface area contributed by atoms with Gasteiger partial charge in [0.15, 0.2) is 10.9 Å². The number of hydrogen-bond donors (Lipinski definition) is 1. The summed E-state index contributed by atoms with van der Waals surface area (Å²) < 4.78 is 12.8. The first-order valence-corrected chi connectivity index (χ1v) is 11.1. The smallest absolute Gasteiger partial charge is 0.195 e. The maximum absolute atomic E-state index is 12.8. The summed E-state index contributed by atoms with van der Waals surface area (Å²) in [6.45, 7) is 6.42. The Kier molecular flexibility index (Phi) is 4.70. The molecule has 148 valence electrons. The molecule has 0 aromatic carbocycles. The van der Waals surface area contributed by atoms with Crippen molar-refractivity contribution in [3.63, 3.8) is 0 Å². The van der Waals surface area contributed by atoms with E-state index in [9.17, 15) is 19.1 Å². The summed E-state index contributed by atoms with van der Waals surface area (Å²) in [4.78, 5) is 24.6. The summed E-state index contributed by atoms with van der Waals surface area (Å²) in [5, 5.41) is 11.2. The Morgan fingerprint density at radius 1 is 1.41 bits per heavy atom. The van der Waals surface area contributed by atoms with Crippen LogP contribution < -0.4 is 0 Å². The molecular formula is C22H29FO3S. The van der Waals surface area contributed by atoms with Gasteiger partial charge >= 0.3 is 0 Å². The quantitative estimate of drug-likeness (QED) is 0.761. The summed E-state index contributed by atoms with van der Waals surface area (Å²) in [6.07, 6.45) is 8.27. The number of thioether (sulfide) groups is 1. The lowest BCUT2D eigenvalue weighted by molar-refractivity contribution is -0.133. The second-order valence-electron chi connectivity index (χ2n) is 9.56. The molecular weight excluding hydrogens is 363 g/mol. The van der Waals surface area contributed by atoms with Gasteiger partial charge in [-0.05, 0) is 61.0 Å². The number of ketones is 1. The van der Waals surface area contributed by atoms with Crippen molar-refractivity contribution >= 4 is 22.7 Å². The fourth-order valence-corrected chi connectivity index (χ4v) is 8.13. The highest BCUT2D eigenvalue weighted by Gasteiger charge is 2.64. The van der Waals surface area contributed by atoms with E-state index in [0.29, 0.717) is 18.3 Å². The molecule has 4 aliphatic rings. The number of hydrogen-bond acceptors (Lipinski definition) is 4. The number of halogens is 1. The molecule has 8 atom stereocenters. The van der Waals surface area contributed by atoms with Crippen LogP contribution in [0.4, 0.5) is 4.39 Å². The Hall–Kier alpha value is -0.940. The first-order valence-electron chi connectivity index (χ1n) is 10.1. The van der Waals surface area contributed by atoms with E-state index >= 15 is 0 Å². The monoisotopic (exact) mass is 392 g/mol. The molecule has 4 aliphatic carbocycles.